The molecule has 0 aromatic carbocycles. The van der Waals surface area contributed by atoms with Crippen LogP contribution in [0.2, 0.25) is 0 Å². The monoisotopic (exact) mass is 260 g/mol. The molecular weight excluding hydrogens is 244 g/mol. The van der Waals surface area contributed by atoms with Crippen molar-refractivity contribution in [2.24, 2.45) is 7.05 Å². The van der Waals surface area contributed by atoms with E-state index in [-0.39, 0.29) is 5.78 Å². The first-order valence-corrected chi connectivity index (χ1v) is 6.40. The first kappa shape index (κ1) is 12.0. The Labute approximate surface area is 110 Å². The quantitative estimate of drug-likeness (QED) is 0.796. The number of nitrogens with one attached hydrogen (secondary N) is 1. The van der Waals surface area contributed by atoms with Crippen LogP contribution in [0.1, 0.15) is 34.9 Å². The molecule has 2 aromatic rings. The maximum absolute atomic E-state index is 12.2. The number of rotatable bonds is 3. The van der Waals surface area contributed by atoms with Gasteiger partial charge in [0.1, 0.15) is 0 Å². The molecule has 0 amide bonds. The molecule has 1 aliphatic heterocycles. The lowest BCUT2D eigenvalue weighted by molar-refractivity contribution is 0.103. The van der Waals surface area contributed by atoms with E-state index in [1.54, 1.807) is 30.3 Å². The maximum atomic E-state index is 12.2. The van der Waals surface area contributed by atoms with Crippen LogP contribution in [0.4, 0.5) is 0 Å². The van der Waals surface area contributed by atoms with Gasteiger partial charge in [-0.15, -0.1) is 5.10 Å². The largest absolute Gasteiger partial charge is 0.317 e. The molecule has 7 heteroatoms. The van der Waals surface area contributed by atoms with Gasteiger partial charge in [0.05, 0.1) is 24.0 Å². The molecule has 7 nitrogen and oxygen atoms in total. The number of carbonyl (C=O) groups excluding carboxylic acids is 1. The zero-order chi connectivity index (χ0) is 13.2. The summed E-state index contributed by atoms with van der Waals surface area (Å²) in [6.07, 6.45) is 7.01. The van der Waals surface area contributed by atoms with Crippen LogP contribution in [-0.2, 0) is 7.05 Å². The zero-order valence-corrected chi connectivity index (χ0v) is 10.8. The molecule has 1 N–H and O–H groups in total. The Balaban J connectivity index is 1.78. The van der Waals surface area contributed by atoms with Crippen molar-refractivity contribution in [3.05, 3.63) is 29.8 Å². The number of aromatic nitrogens is 5. The molecular formula is C12H16N6O. The van der Waals surface area contributed by atoms with Gasteiger partial charge in [-0.05, 0) is 25.9 Å². The normalized spacial score (nSPS) is 16.7. The molecule has 2 aromatic heterocycles. The molecule has 1 saturated heterocycles. The molecule has 3 heterocycles. The number of nitrogens with zero attached hydrogens (tertiary/aromatic N) is 5. The van der Waals surface area contributed by atoms with E-state index >= 15 is 0 Å². The Morgan fingerprint density at radius 2 is 2.16 bits per heavy atom. The first-order valence-electron chi connectivity index (χ1n) is 6.40. The summed E-state index contributed by atoms with van der Waals surface area (Å²) in [6, 6.07) is 0.337. The van der Waals surface area contributed by atoms with Crippen LogP contribution < -0.4 is 5.32 Å². The van der Waals surface area contributed by atoms with Gasteiger partial charge in [-0.25, -0.2) is 4.68 Å². The van der Waals surface area contributed by atoms with Gasteiger partial charge in [0.15, 0.2) is 5.69 Å². The Hall–Kier alpha value is -2.02. The fraction of sp³-hybridized carbons (Fsp3) is 0.500. The van der Waals surface area contributed by atoms with E-state index in [0.717, 1.165) is 25.9 Å². The van der Waals surface area contributed by atoms with E-state index in [4.69, 9.17) is 0 Å². The van der Waals surface area contributed by atoms with Crippen LogP contribution in [0.5, 0.6) is 0 Å². The molecule has 0 aliphatic carbocycles. The SMILES string of the molecule is Cn1cc(C(=O)c2cn(C3CCNCC3)nn2)cn1. The van der Waals surface area contributed by atoms with Crippen LogP contribution in [0.3, 0.4) is 0 Å². The van der Waals surface area contributed by atoms with Crippen molar-refractivity contribution >= 4 is 5.78 Å². The Bertz CT molecular complexity index is 581. The van der Waals surface area contributed by atoms with E-state index in [2.05, 4.69) is 20.7 Å². The second-order valence-corrected chi connectivity index (χ2v) is 4.80. The fourth-order valence-corrected chi connectivity index (χ4v) is 2.32. The summed E-state index contributed by atoms with van der Waals surface area (Å²) < 4.78 is 3.41. The lowest BCUT2D eigenvalue weighted by atomic mass is 10.1. The van der Waals surface area contributed by atoms with Crippen molar-refractivity contribution in [1.29, 1.82) is 0 Å². The minimum atomic E-state index is -0.131. The lowest BCUT2D eigenvalue weighted by Crippen LogP contribution is -2.29. The van der Waals surface area contributed by atoms with Crippen LogP contribution in [0, 0.1) is 0 Å². The number of carbonyl (C=O) groups is 1. The van der Waals surface area contributed by atoms with Gasteiger partial charge in [0.25, 0.3) is 0 Å². The summed E-state index contributed by atoms with van der Waals surface area (Å²) in [5.74, 6) is -0.131. The van der Waals surface area contributed by atoms with Crippen LogP contribution >= 0.6 is 0 Å². The number of piperidine rings is 1. The van der Waals surface area contributed by atoms with Gasteiger partial charge in [-0.3, -0.25) is 9.48 Å². The van der Waals surface area contributed by atoms with Gasteiger partial charge in [-0.1, -0.05) is 5.21 Å². The van der Waals surface area contributed by atoms with Crippen molar-refractivity contribution < 1.29 is 4.79 Å². The van der Waals surface area contributed by atoms with Gasteiger partial charge in [0, 0.05) is 13.2 Å². The predicted molar refractivity (Wildman–Crippen MR) is 67.8 cm³/mol. The van der Waals surface area contributed by atoms with E-state index in [1.165, 1.54) is 0 Å². The Morgan fingerprint density at radius 3 is 2.84 bits per heavy atom. The maximum Gasteiger partial charge on any atom is 0.218 e. The Kier molecular flexibility index (Phi) is 3.12. The smallest absolute Gasteiger partial charge is 0.218 e. The van der Waals surface area contributed by atoms with Gasteiger partial charge < -0.3 is 5.32 Å². The van der Waals surface area contributed by atoms with Crippen molar-refractivity contribution in [1.82, 2.24) is 30.1 Å². The van der Waals surface area contributed by atoms with E-state index in [0.29, 0.717) is 17.3 Å². The average molecular weight is 260 g/mol. The van der Waals surface area contributed by atoms with Crippen LogP contribution in [0.25, 0.3) is 0 Å². The van der Waals surface area contributed by atoms with Gasteiger partial charge >= 0.3 is 0 Å². The second kappa shape index (κ2) is 4.93. The molecule has 1 fully saturated rings. The second-order valence-electron chi connectivity index (χ2n) is 4.80. The minimum Gasteiger partial charge on any atom is -0.317 e. The molecule has 3 rings (SSSR count). The summed E-state index contributed by atoms with van der Waals surface area (Å²) in [7, 11) is 1.78. The van der Waals surface area contributed by atoms with Crippen molar-refractivity contribution in [3.8, 4) is 0 Å². The molecule has 0 atom stereocenters. The summed E-state index contributed by atoms with van der Waals surface area (Å²) in [5.41, 5.74) is 0.923. The highest BCUT2D eigenvalue weighted by molar-refractivity contribution is 6.07. The molecule has 100 valence electrons. The summed E-state index contributed by atoms with van der Waals surface area (Å²) in [4.78, 5) is 12.2. The number of ketones is 1. The van der Waals surface area contributed by atoms with Crippen molar-refractivity contribution in [3.63, 3.8) is 0 Å². The van der Waals surface area contributed by atoms with Crippen molar-refractivity contribution in [2.45, 2.75) is 18.9 Å². The minimum absolute atomic E-state index is 0.131. The summed E-state index contributed by atoms with van der Waals surface area (Å²) >= 11 is 0. The zero-order valence-electron chi connectivity index (χ0n) is 10.8. The molecule has 0 radical (unpaired) electrons. The molecule has 19 heavy (non-hydrogen) atoms. The third-order valence-corrected chi connectivity index (χ3v) is 3.39. The highest BCUT2D eigenvalue weighted by Gasteiger charge is 2.20. The number of aryl methyl sites for hydroxylation is 1. The van der Waals surface area contributed by atoms with Crippen LogP contribution in [0.15, 0.2) is 18.6 Å². The van der Waals surface area contributed by atoms with Gasteiger partial charge in [-0.2, -0.15) is 5.10 Å². The molecule has 0 bridgehead atoms. The number of hydrogen-bond acceptors (Lipinski definition) is 5. The van der Waals surface area contributed by atoms with E-state index in [1.807, 2.05) is 4.68 Å². The standard InChI is InChI=1S/C12H16N6O/c1-17-7-9(6-14-17)12(19)11-8-18(16-15-11)10-2-4-13-5-3-10/h6-8,10,13H,2-5H2,1H3. The summed E-state index contributed by atoms with van der Waals surface area (Å²) in [5, 5.41) is 15.4. The number of hydrogen-bond donors (Lipinski definition) is 1. The van der Waals surface area contributed by atoms with E-state index in [9.17, 15) is 4.79 Å². The molecule has 0 spiro atoms. The average Bonchev–Trinajstić information content (AvgIpc) is 3.08. The molecule has 0 unspecified atom stereocenters. The highest BCUT2D eigenvalue weighted by Crippen LogP contribution is 2.17. The summed E-state index contributed by atoms with van der Waals surface area (Å²) in [6.45, 7) is 1.97. The molecule has 1 aliphatic rings. The van der Waals surface area contributed by atoms with Crippen LogP contribution in [-0.4, -0.2) is 43.6 Å². The van der Waals surface area contributed by atoms with E-state index < -0.39 is 0 Å². The fourth-order valence-electron chi connectivity index (χ4n) is 2.32. The third-order valence-electron chi connectivity index (χ3n) is 3.39. The third kappa shape index (κ3) is 2.41. The van der Waals surface area contributed by atoms with Gasteiger partial charge in [0.2, 0.25) is 5.78 Å². The highest BCUT2D eigenvalue weighted by atomic mass is 16.1. The first-order chi connectivity index (χ1) is 9.24. The lowest BCUT2D eigenvalue weighted by Gasteiger charge is -2.21. The predicted octanol–water partition coefficient (Wildman–Crippen LogP) is 0.167. The topological polar surface area (TPSA) is 77.6 Å². The Morgan fingerprint density at radius 1 is 1.37 bits per heavy atom. The van der Waals surface area contributed by atoms with Crippen molar-refractivity contribution in [2.75, 3.05) is 13.1 Å². The molecule has 0 saturated carbocycles.